The number of benzene rings is 2. The van der Waals surface area contributed by atoms with Gasteiger partial charge in [-0.2, -0.15) is 10.1 Å². The number of ether oxygens (including phenoxy) is 1. The highest BCUT2D eigenvalue weighted by Gasteiger charge is 2.33. The number of amides is 1. The maximum absolute atomic E-state index is 13.9. The van der Waals surface area contributed by atoms with Gasteiger partial charge in [0.1, 0.15) is 23.9 Å². The van der Waals surface area contributed by atoms with Crippen molar-refractivity contribution in [1.82, 2.24) is 14.8 Å². The highest BCUT2D eigenvalue weighted by Crippen LogP contribution is 2.35. The van der Waals surface area contributed by atoms with Crippen LogP contribution in [0.1, 0.15) is 18.5 Å². The van der Waals surface area contributed by atoms with Crippen molar-refractivity contribution in [3.8, 4) is 5.75 Å². The molecule has 0 saturated carbocycles. The summed E-state index contributed by atoms with van der Waals surface area (Å²) in [6.07, 6.45) is 1.40. The first kappa shape index (κ1) is 17.7. The van der Waals surface area contributed by atoms with Crippen molar-refractivity contribution in [3.63, 3.8) is 0 Å². The van der Waals surface area contributed by atoms with Gasteiger partial charge in [0.25, 0.3) is 5.91 Å². The van der Waals surface area contributed by atoms with Gasteiger partial charge in [-0.3, -0.25) is 4.79 Å². The molecule has 0 aliphatic carbocycles. The number of carbonyl (C=O) groups is 1. The van der Waals surface area contributed by atoms with Crippen LogP contribution in [-0.2, 0) is 4.79 Å². The van der Waals surface area contributed by atoms with Gasteiger partial charge in [0, 0.05) is 11.4 Å². The Morgan fingerprint density at radius 3 is 2.75 bits per heavy atom. The van der Waals surface area contributed by atoms with Crippen LogP contribution in [0.4, 0.5) is 16.0 Å². The molecule has 28 heavy (non-hydrogen) atoms. The fourth-order valence-corrected chi connectivity index (χ4v) is 3.24. The van der Waals surface area contributed by atoms with E-state index < -0.39 is 6.04 Å². The van der Waals surface area contributed by atoms with Gasteiger partial charge in [-0.15, -0.1) is 0 Å². The van der Waals surface area contributed by atoms with Crippen LogP contribution in [0.15, 0.2) is 66.1 Å². The number of nitrogens with zero attached hydrogens (tertiary/aromatic N) is 3. The zero-order valence-electron chi connectivity index (χ0n) is 15.3. The molecule has 2 heterocycles. The highest BCUT2D eigenvalue weighted by molar-refractivity contribution is 6.06. The Balaban J connectivity index is 1.72. The molecule has 0 fully saturated rings. The molecule has 142 valence electrons. The molecule has 1 aliphatic rings. The Kier molecular flexibility index (Phi) is 4.52. The summed E-state index contributed by atoms with van der Waals surface area (Å²) < 4.78 is 20.6. The molecule has 4 rings (SSSR count). The Bertz CT molecular complexity index is 1060. The Morgan fingerprint density at radius 2 is 2.04 bits per heavy atom. The van der Waals surface area contributed by atoms with E-state index in [9.17, 15) is 9.18 Å². The second-order valence-corrected chi connectivity index (χ2v) is 6.33. The van der Waals surface area contributed by atoms with Crippen molar-refractivity contribution in [3.05, 3.63) is 77.5 Å². The first-order valence-electron chi connectivity index (χ1n) is 8.65. The van der Waals surface area contributed by atoms with Crippen molar-refractivity contribution in [2.24, 2.45) is 0 Å². The predicted molar refractivity (Wildman–Crippen MR) is 103 cm³/mol. The average Bonchev–Trinajstić information content (AvgIpc) is 3.15. The molecule has 3 aromatic rings. The van der Waals surface area contributed by atoms with Crippen LogP contribution < -0.4 is 15.4 Å². The molecular formula is C20H18FN5O2. The number of halogens is 1. The van der Waals surface area contributed by atoms with Crippen molar-refractivity contribution >= 4 is 17.5 Å². The number of fused-ring (bicyclic) bond motifs is 1. The maximum atomic E-state index is 13.9. The third kappa shape index (κ3) is 3.20. The van der Waals surface area contributed by atoms with E-state index in [0.717, 1.165) is 0 Å². The van der Waals surface area contributed by atoms with Gasteiger partial charge in [0.15, 0.2) is 0 Å². The number of aromatic nitrogens is 3. The lowest BCUT2D eigenvalue weighted by Crippen LogP contribution is -2.31. The molecule has 0 spiro atoms. The number of hydrogen-bond donors (Lipinski definition) is 2. The minimum absolute atomic E-state index is 0.314. The molecule has 1 amide bonds. The van der Waals surface area contributed by atoms with Gasteiger partial charge in [-0.05, 0) is 48.9 Å². The van der Waals surface area contributed by atoms with Crippen molar-refractivity contribution in [2.45, 2.75) is 13.0 Å². The third-order valence-corrected chi connectivity index (χ3v) is 4.55. The number of hydrogen-bond acceptors (Lipinski definition) is 5. The minimum Gasteiger partial charge on any atom is -0.497 e. The quantitative estimate of drug-likeness (QED) is 0.727. The fraction of sp³-hybridized carbons (Fsp3) is 0.150. The first-order valence-corrected chi connectivity index (χ1v) is 8.65. The lowest BCUT2D eigenvalue weighted by molar-refractivity contribution is -0.113. The van der Waals surface area contributed by atoms with E-state index >= 15 is 0 Å². The summed E-state index contributed by atoms with van der Waals surface area (Å²) in [7, 11) is 1.58. The Labute approximate surface area is 160 Å². The zero-order chi connectivity index (χ0) is 19.7. The van der Waals surface area contributed by atoms with Crippen LogP contribution in [-0.4, -0.2) is 27.8 Å². The molecule has 0 saturated heterocycles. The predicted octanol–water partition coefficient (Wildman–Crippen LogP) is 3.35. The summed E-state index contributed by atoms with van der Waals surface area (Å²) in [5, 5.41) is 10.2. The lowest BCUT2D eigenvalue weighted by Gasteiger charge is -2.28. The molecule has 7 nitrogen and oxygen atoms in total. The monoisotopic (exact) mass is 379 g/mol. The van der Waals surface area contributed by atoms with E-state index in [-0.39, 0.29) is 11.7 Å². The van der Waals surface area contributed by atoms with E-state index in [0.29, 0.717) is 34.2 Å². The minimum atomic E-state index is -0.604. The molecule has 0 radical (unpaired) electrons. The average molecular weight is 379 g/mol. The SMILES string of the molecule is COc1ccc(NC(=O)C2=C(C)Nc3ncnn3[C@@H]2c2cccc(F)c2)cc1. The van der Waals surface area contributed by atoms with Gasteiger partial charge >= 0.3 is 0 Å². The zero-order valence-corrected chi connectivity index (χ0v) is 15.3. The highest BCUT2D eigenvalue weighted by atomic mass is 19.1. The van der Waals surface area contributed by atoms with E-state index in [2.05, 4.69) is 20.7 Å². The second kappa shape index (κ2) is 7.15. The number of rotatable bonds is 4. The normalized spacial score (nSPS) is 15.6. The molecule has 8 heteroatoms. The summed E-state index contributed by atoms with van der Waals surface area (Å²) in [5.41, 5.74) is 2.28. The number of methoxy groups -OCH3 is 1. The van der Waals surface area contributed by atoms with E-state index in [1.54, 1.807) is 55.1 Å². The van der Waals surface area contributed by atoms with Gasteiger partial charge in [0.05, 0.1) is 12.7 Å². The number of carbonyl (C=O) groups excluding carboxylic acids is 1. The van der Waals surface area contributed by atoms with Gasteiger partial charge < -0.3 is 15.4 Å². The van der Waals surface area contributed by atoms with Crippen molar-refractivity contribution < 1.29 is 13.9 Å². The van der Waals surface area contributed by atoms with E-state index in [1.165, 1.54) is 18.5 Å². The molecule has 2 N–H and O–H groups in total. The summed E-state index contributed by atoms with van der Waals surface area (Å²) in [6.45, 7) is 1.79. The van der Waals surface area contributed by atoms with Crippen LogP contribution in [0, 0.1) is 5.82 Å². The largest absolute Gasteiger partial charge is 0.497 e. The molecule has 0 bridgehead atoms. The van der Waals surface area contributed by atoms with Gasteiger partial charge in [0.2, 0.25) is 5.95 Å². The smallest absolute Gasteiger partial charge is 0.255 e. The molecule has 1 aromatic heterocycles. The maximum Gasteiger partial charge on any atom is 0.255 e. The first-order chi connectivity index (χ1) is 13.6. The summed E-state index contributed by atoms with van der Waals surface area (Å²) in [5.74, 6) is 0.487. The van der Waals surface area contributed by atoms with Gasteiger partial charge in [-0.1, -0.05) is 12.1 Å². The van der Waals surface area contributed by atoms with Crippen LogP contribution >= 0.6 is 0 Å². The van der Waals surface area contributed by atoms with Gasteiger partial charge in [-0.25, -0.2) is 9.07 Å². The molecule has 2 aromatic carbocycles. The lowest BCUT2D eigenvalue weighted by atomic mass is 9.95. The number of allylic oxidation sites excluding steroid dienone is 1. The molecule has 1 aliphatic heterocycles. The molecular weight excluding hydrogens is 361 g/mol. The molecule has 0 unspecified atom stereocenters. The third-order valence-electron chi connectivity index (χ3n) is 4.55. The standard InChI is InChI=1S/C20H18FN5O2/c1-12-17(19(27)25-15-6-8-16(28-2)9-7-15)18(13-4-3-5-14(21)10-13)26-20(24-12)22-11-23-26/h3-11,18H,1-2H3,(H,25,27)(H,22,23,24)/t18-/m1/s1. The van der Waals surface area contributed by atoms with Crippen LogP contribution in [0.25, 0.3) is 0 Å². The fourth-order valence-electron chi connectivity index (χ4n) is 3.24. The summed E-state index contributed by atoms with van der Waals surface area (Å²) in [6, 6.07) is 12.5. The summed E-state index contributed by atoms with van der Waals surface area (Å²) >= 11 is 0. The second-order valence-electron chi connectivity index (χ2n) is 6.33. The Morgan fingerprint density at radius 1 is 1.25 bits per heavy atom. The van der Waals surface area contributed by atoms with Crippen LogP contribution in [0.5, 0.6) is 5.75 Å². The summed E-state index contributed by atoms with van der Waals surface area (Å²) in [4.78, 5) is 17.3. The number of anilines is 2. The number of nitrogens with one attached hydrogen (secondary N) is 2. The Hall–Kier alpha value is -3.68. The van der Waals surface area contributed by atoms with Crippen LogP contribution in [0.2, 0.25) is 0 Å². The van der Waals surface area contributed by atoms with Crippen LogP contribution in [0.3, 0.4) is 0 Å². The molecule has 1 atom stereocenters. The van der Waals surface area contributed by atoms with E-state index in [4.69, 9.17) is 4.74 Å². The topological polar surface area (TPSA) is 81.1 Å². The van der Waals surface area contributed by atoms with E-state index in [1.807, 2.05) is 0 Å². The van der Waals surface area contributed by atoms with Crippen molar-refractivity contribution in [2.75, 3.05) is 17.7 Å². The van der Waals surface area contributed by atoms with Crippen molar-refractivity contribution in [1.29, 1.82) is 0 Å².